The number of carbonyl (C=O) groups is 4. The van der Waals surface area contributed by atoms with Gasteiger partial charge in [0.25, 0.3) is 5.91 Å². The Kier molecular flexibility index (Phi) is 2.93. The summed E-state index contributed by atoms with van der Waals surface area (Å²) in [4.78, 5) is 51.3. The Bertz CT molecular complexity index is 684. The highest BCUT2D eigenvalue weighted by Crippen LogP contribution is 2.27. The van der Waals surface area contributed by atoms with Crippen LogP contribution in [0.4, 0.5) is 0 Å². The SMILES string of the molecule is O=C1CCC(N2Cc3cnc(C(=O)O)cc3C2=O)C(=O)N1. The number of aromatic carboxylic acids is 1. The third-order valence-corrected chi connectivity index (χ3v) is 3.62. The fraction of sp³-hybridized carbons (Fsp3) is 0.308. The van der Waals surface area contributed by atoms with Crippen molar-refractivity contribution < 1.29 is 24.3 Å². The largest absolute Gasteiger partial charge is 0.477 e. The first kappa shape index (κ1) is 13.2. The molecular weight excluding hydrogens is 278 g/mol. The van der Waals surface area contributed by atoms with Gasteiger partial charge in [-0.15, -0.1) is 0 Å². The van der Waals surface area contributed by atoms with Gasteiger partial charge < -0.3 is 10.0 Å². The minimum Gasteiger partial charge on any atom is -0.477 e. The van der Waals surface area contributed by atoms with Gasteiger partial charge in [0.1, 0.15) is 11.7 Å². The Morgan fingerprint density at radius 2 is 2.14 bits per heavy atom. The van der Waals surface area contributed by atoms with E-state index in [1.165, 1.54) is 17.2 Å². The van der Waals surface area contributed by atoms with Gasteiger partial charge in [-0.1, -0.05) is 0 Å². The van der Waals surface area contributed by atoms with E-state index < -0.39 is 23.8 Å². The van der Waals surface area contributed by atoms with Crippen LogP contribution in [0.2, 0.25) is 0 Å². The standard InChI is InChI=1S/C13H11N3O5/c17-10-2-1-9(11(18)15-10)16-5-6-4-14-8(13(20)21)3-7(6)12(16)19/h3-4,9H,1-2,5H2,(H,20,21)(H,15,17,18). The van der Waals surface area contributed by atoms with E-state index in [2.05, 4.69) is 10.3 Å². The summed E-state index contributed by atoms with van der Waals surface area (Å²) in [5, 5.41) is 11.1. The third-order valence-electron chi connectivity index (χ3n) is 3.62. The number of piperidine rings is 1. The van der Waals surface area contributed by atoms with Crippen molar-refractivity contribution in [1.29, 1.82) is 0 Å². The Morgan fingerprint density at radius 3 is 2.81 bits per heavy atom. The maximum atomic E-state index is 12.3. The second-order valence-corrected chi connectivity index (χ2v) is 4.93. The summed E-state index contributed by atoms with van der Waals surface area (Å²) >= 11 is 0. The van der Waals surface area contributed by atoms with Crippen molar-refractivity contribution in [2.24, 2.45) is 0 Å². The lowest BCUT2D eigenvalue weighted by Gasteiger charge is -2.29. The molecule has 1 aromatic heterocycles. The second-order valence-electron chi connectivity index (χ2n) is 4.93. The van der Waals surface area contributed by atoms with Crippen molar-refractivity contribution >= 4 is 23.7 Å². The van der Waals surface area contributed by atoms with Crippen molar-refractivity contribution in [2.45, 2.75) is 25.4 Å². The number of pyridine rings is 1. The molecule has 0 saturated carbocycles. The first-order chi connectivity index (χ1) is 9.97. The minimum atomic E-state index is -1.22. The Morgan fingerprint density at radius 1 is 1.38 bits per heavy atom. The summed E-state index contributed by atoms with van der Waals surface area (Å²) in [6, 6.07) is 0.502. The van der Waals surface area contributed by atoms with Crippen molar-refractivity contribution in [3.05, 3.63) is 29.1 Å². The molecule has 8 nitrogen and oxygen atoms in total. The molecule has 0 aromatic carbocycles. The molecule has 1 fully saturated rings. The lowest BCUT2D eigenvalue weighted by Crippen LogP contribution is -2.52. The molecule has 3 heterocycles. The summed E-state index contributed by atoms with van der Waals surface area (Å²) in [6.45, 7) is 0.188. The fourth-order valence-corrected chi connectivity index (χ4v) is 2.57. The number of imide groups is 1. The number of carboxylic acid groups (broad SMARTS) is 1. The molecule has 1 saturated heterocycles. The maximum absolute atomic E-state index is 12.3. The molecule has 0 bridgehead atoms. The van der Waals surface area contributed by atoms with Crippen LogP contribution >= 0.6 is 0 Å². The van der Waals surface area contributed by atoms with Crippen molar-refractivity contribution in [1.82, 2.24) is 15.2 Å². The van der Waals surface area contributed by atoms with Crippen molar-refractivity contribution in [3.8, 4) is 0 Å². The molecule has 1 atom stereocenters. The third kappa shape index (κ3) is 2.14. The van der Waals surface area contributed by atoms with Crippen molar-refractivity contribution in [3.63, 3.8) is 0 Å². The molecule has 0 spiro atoms. The topological polar surface area (TPSA) is 117 Å². The van der Waals surface area contributed by atoms with E-state index in [1.807, 2.05) is 0 Å². The summed E-state index contributed by atoms with van der Waals surface area (Å²) in [7, 11) is 0. The molecule has 3 amide bonds. The van der Waals surface area contributed by atoms with Gasteiger partial charge in [0.2, 0.25) is 11.8 Å². The highest BCUT2D eigenvalue weighted by Gasteiger charge is 2.39. The lowest BCUT2D eigenvalue weighted by atomic mass is 10.0. The van der Waals surface area contributed by atoms with E-state index in [0.29, 0.717) is 5.56 Å². The van der Waals surface area contributed by atoms with Gasteiger partial charge in [-0.25, -0.2) is 9.78 Å². The molecule has 8 heteroatoms. The monoisotopic (exact) mass is 289 g/mol. The van der Waals surface area contributed by atoms with Crippen LogP contribution in [-0.4, -0.2) is 44.7 Å². The number of carbonyl (C=O) groups excluding carboxylic acids is 3. The predicted octanol–water partition coefficient (Wildman–Crippen LogP) is -0.459. The molecule has 2 aliphatic heterocycles. The first-order valence-electron chi connectivity index (χ1n) is 6.34. The zero-order valence-corrected chi connectivity index (χ0v) is 10.8. The van der Waals surface area contributed by atoms with Gasteiger partial charge >= 0.3 is 5.97 Å². The summed E-state index contributed by atoms with van der Waals surface area (Å²) in [6.07, 6.45) is 1.78. The molecule has 21 heavy (non-hydrogen) atoms. The molecule has 3 rings (SSSR count). The fourth-order valence-electron chi connectivity index (χ4n) is 2.57. The maximum Gasteiger partial charge on any atom is 0.354 e. The summed E-state index contributed by atoms with van der Waals surface area (Å²) in [5.41, 5.74) is 0.606. The average Bonchev–Trinajstić information content (AvgIpc) is 2.75. The van der Waals surface area contributed by atoms with E-state index in [1.54, 1.807) is 0 Å². The Labute approximate surface area is 118 Å². The van der Waals surface area contributed by atoms with Crippen LogP contribution in [0.15, 0.2) is 12.3 Å². The van der Waals surface area contributed by atoms with Gasteiger partial charge in [-0.2, -0.15) is 0 Å². The average molecular weight is 289 g/mol. The van der Waals surface area contributed by atoms with Crippen LogP contribution in [0.25, 0.3) is 0 Å². The summed E-state index contributed by atoms with van der Waals surface area (Å²) in [5.74, 6) is -2.48. The molecule has 0 aliphatic carbocycles. The van der Waals surface area contributed by atoms with Gasteiger partial charge in [-0.3, -0.25) is 19.7 Å². The van der Waals surface area contributed by atoms with Gasteiger partial charge in [-0.05, 0) is 12.5 Å². The number of hydrogen-bond donors (Lipinski definition) is 2. The quantitative estimate of drug-likeness (QED) is 0.712. The first-order valence-corrected chi connectivity index (χ1v) is 6.34. The zero-order valence-electron chi connectivity index (χ0n) is 10.8. The van der Waals surface area contributed by atoms with Crippen LogP contribution in [0.1, 0.15) is 39.3 Å². The van der Waals surface area contributed by atoms with Gasteiger partial charge in [0, 0.05) is 30.3 Å². The van der Waals surface area contributed by atoms with Crippen LogP contribution in [0.3, 0.4) is 0 Å². The number of hydrogen-bond acceptors (Lipinski definition) is 5. The molecule has 2 aliphatic rings. The van der Waals surface area contributed by atoms with E-state index in [0.717, 1.165) is 0 Å². The van der Waals surface area contributed by atoms with Crippen LogP contribution in [0.5, 0.6) is 0 Å². The molecule has 1 aromatic rings. The number of nitrogens with zero attached hydrogens (tertiary/aromatic N) is 2. The lowest BCUT2D eigenvalue weighted by molar-refractivity contribution is -0.136. The highest BCUT2D eigenvalue weighted by molar-refractivity contribution is 6.05. The number of fused-ring (bicyclic) bond motifs is 1. The van der Waals surface area contributed by atoms with Gasteiger partial charge in [0.15, 0.2) is 0 Å². The molecule has 0 radical (unpaired) electrons. The smallest absolute Gasteiger partial charge is 0.354 e. The molecule has 108 valence electrons. The van der Waals surface area contributed by atoms with E-state index in [9.17, 15) is 19.2 Å². The van der Waals surface area contributed by atoms with E-state index in [4.69, 9.17) is 5.11 Å². The van der Waals surface area contributed by atoms with Crippen molar-refractivity contribution in [2.75, 3.05) is 0 Å². The van der Waals surface area contributed by atoms with Crippen LogP contribution in [-0.2, 0) is 16.1 Å². The highest BCUT2D eigenvalue weighted by atomic mass is 16.4. The van der Waals surface area contributed by atoms with Crippen LogP contribution in [0, 0.1) is 0 Å². The molecule has 2 N–H and O–H groups in total. The minimum absolute atomic E-state index is 0.176. The number of nitrogens with one attached hydrogen (secondary N) is 1. The van der Waals surface area contributed by atoms with E-state index >= 15 is 0 Å². The van der Waals surface area contributed by atoms with Crippen LogP contribution < -0.4 is 5.32 Å². The Hall–Kier alpha value is -2.77. The van der Waals surface area contributed by atoms with E-state index in [-0.39, 0.29) is 36.6 Å². The molecule has 1 unspecified atom stereocenters. The normalized spacial score (nSPS) is 21.2. The Balaban J connectivity index is 1.88. The molecular formula is C13H11N3O5. The predicted molar refractivity (Wildman–Crippen MR) is 67.2 cm³/mol. The number of amides is 3. The zero-order chi connectivity index (χ0) is 15.1. The number of carboxylic acids is 1. The second kappa shape index (κ2) is 4.65. The summed E-state index contributed by atoms with van der Waals surface area (Å²) < 4.78 is 0. The number of aromatic nitrogens is 1. The van der Waals surface area contributed by atoms with Gasteiger partial charge in [0.05, 0.1) is 0 Å². The number of rotatable bonds is 2.